The lowest BCUT2D eigenvalue weighted by molar-refractivity contribution is 0.594. The van der Waals surface area contributed by atoms with Crippen LogP contribution in [0.5, 0.6) is 0 Å². The van der Waals surface area contributed by atoms with Gasteiger partial charge in [0, 0.05) is 6.54 Å². The highest BCUT2D eigenvalue weighted by atomic mass is 14.8. The molecule has 0 radical (unpaired) electrons. The molecule has 1 nitrogen and oxygen atoms in total. The molecule has 0 heterocycles. The Morgan fingerprint density at radius 1 is 0.810 bits per heavy atom. The summed E-state index contributed by atoms with van der Waals surface area (Å²) in [6, 6.07) is 19.7. The van der Waals surface area contributed by atoms with E-state index in [1.54, 1.807) is 0 Å². The average Bonchev–Trinajstić information content (AvgIpc) is 2.52. The zero-order valence-corrected chi connectivity index (χ0v) is 13.5. The summed E-state index contributed by atoms with van der Waals surface area (Å²) < 4.78 is 0. The van der Waals surface area contributed by atoms with Gasteiger partial charge in [-0.25, -0.2) is 0 Å². The number of nitrogens with one attached hydrogen (secondary N) is 1. The minimum absolute atomic E-state index is 0.610. The molecule has 0 fully saturated rings. The van der Waals surface area contributed by atoms with Crippen LogP contribution in [0.3, 0.4) is 0 Å². The monoisotopic (exact) mass is 281 g/mol. The minimum Gasteiger partial charge on any atom is -0.313 e. The second kappa shape index (κ2) is 7.99. The van der Waals surface area contributed by atoms with Crippen LogP contribution in [0.25, 0.3) is 0 Å². The van der Waals surface area contributed by atoms with Crippen molar-refractivity contribution >= 4 is 0 Å². The van der Waals surface area contributed by atoms with Gasteiger partial charge in [0.25, 0.3) is 0 Å². The van der Waals surface area contributed by atoms with Crippen LogP contribution >= 0.6 is 0 Å². The Balaban J connectivity index is 1.72. The summed E-state index contributed by atoms with van der Waals surface area (Å²) in [6.45, 7) is 8.78. The fraction of sp³-hybridized carbons (Fsp3) is 0.400. The molecule has 0 aliphatic heterocycles. The summed E-state index contributed by atoms with van der Waals surface area (Å²) in [4.78, 5) is 0. The van der Waals surface area contributed by atoms with Crippen LogP contribution in [0.15, 0.2) is 54.6 Å². The van der Waals surface area contributed by atoms with E-state index in [4.69, 9.17) is 0 Å². The first-order valence-electron chi connectivity index (χ1n) is 8.01. The molecule has 0 bridgehead atoms. The Labute approximate surface area is 129 Å². The van der Waals surface area contributed by atoms with Crippen molar-refractivity contribution in [1.82, 2.24) is 5.32 Å². The molecule has 1 unspecified atom stereocenters. The Hall–Kier alpha value is -1.60. The predicted molar refractivity (Wildman–Crippen MR) is 91.7 cm³/mol. The number of hydrogen-bond donors (Lipinski definition) is 1. The molecule has 2 aromatic rings. The van der Waals surface area contributed by atoms with E-state index in [-0.39, 0.29) is 0 Å². The van der Waals surface area contributed by atoms with Crippen molar-refractivity contribution in [1.29, 1.82) is 0 Å². The van der Waals surface area contributed by atoms with Crippen molar-refractivity contribution in [3.8, 4) is 0 Å². The van der Waals surface area contributed by atoms with Crippen molar-refractivity contribution in [3.05, 3.63) is 71.3 Å². The lowest BCUT2D eigenvalue weighted by Gasteiger charge is -2.13. The number of benzene rings is 2. The van der Waals surface area contributed by atoms with Crippen molar-refractivity contribution < 1.29 is 0 Å². The van der Waals surface area contributed by atoms with Gasteiger partial charge in [0.15, 0.2) is 0 Å². The molecule has 0 spiro atoms. The highest BCUT2D eigenvalue weighted by Crippen LogP contribution is 2.18. The molecule has 1 atom stereocenters. The third-order valence-corrected chi connectivity index (χ3v) is 4.10. The molecule has 2 aromatic carbocycles. The molecule has 0 aliphatic rings. The Morgan fingerprint density at radius 3 is 2.10 bits per heavy atom. The largest absolute Gasteiger partial charge is 0.313 e. The molecule has 0 amide bonds. The van der Waals surface area contributed by atoms with Crippen molar-refractivity contribution in [3.63, 3.8) is 0 Å². The molecule has 0 saturated heterocycles. The van der Waals surface area contributed by atoms with Crippen molar-refractivity contribution in [2.45, 2.75) is 45.6 Å². The van der Waals surface area contributed by atoms with Gasteiger partial charge in [0.2, 0.25) is 0 Å². The van der Waals surface area contributed by atoms with Gasteiger partial charge < -0.3 is 5.32 Å². The molecular formula is C20H27N. The molecule has 0 aromatic heterocycles. The molecular weight excluding hydrogens is 254 g/mol. The first-order valence-corrected chi connectivity index (χ1v) is 8.01. The highest BCUT2D eigenvalue weighted by molar-refractivity contribution is 5.24. The summed E-state index contributed by atoms with van der Waals surface area (Å²) in [6.07, 6.45) is 1.17. The lowest BCUT2D eigenvalue weighted by atomic mass is 9.98. The summed E-state index contributed by atoms with van der Waals surface area (Å²) >= 11 is 0. The maximum absolute atomic E-state index is 3.55. The fourth-order valence-electron chi connectivity index (χ4n) is 2.52. The van der Waals surface area contributed by atoms with Gasteiger partial charge in [0.05, 0.1) is 0 Å². The quantitative estimate of drug-likeness (QED) is 0.697. The van der Waals surface area contributed by atoms with Crippen LogP contribution in [-0.2, 0) is 6.54 Å². The molecule has 21 heavy (non-hydrogen) atoms. The number of rotatable bonds is 7. The third kappa shape index (κ3) is 5.02. The first kappa shape index (κ1) is 15.8. The molecule has 1 heteroatoms. The zero-order valence-electron chi connectivity index (χ0n) is 13.5. The SMILES string of the molecule is CC(C)c1ccc(CNCCC(C)c2ccccc2)cc1. The summed E-state index contributed by atoms with van der Waals surface area (Å²) in [7, 11) is 0. The fourth-order valence-corrected chi connectivity index (χ4v) is 2.52. The van der Waals surface area contributed by atoms with Crippen LogP contribution in [0.4, 0.5) is 0 Å². The summed E-state index contributed by atoms with van der Waals surface area (Å²) in [5, 5.41) is 3.55. The predicted octanol–water partition coefficient (Wildman–Crippen LogP) is 5.09. The van der Waals surface area contributed by atoms with Crippen LogP contribution in [0.1, 0.15) is 55.7 Å². The first-order chi connectivity index (χ1) is 10.2. The zero-order chi connectivity index (χ0) is 15.1. The van der Waals surface area contributed by atoms with E-state index in [0.29, 0.717) is 11.8 Å². The topological polar surface area (TPSA) is 12.0 Å². The molecule has 1 N–H and O–H groups in total. The van der Waals surface area contributed by atoms with Gasteiger partial charge in [-0.2, -0.15) is 0 Å². The van der Waals surface area contributed by atoms with Crippen LogP contribution in [-0.4, -0.2) is 6.54 Å². The summed E-state index contributed by atoms with van der Waals surface area (Å²) in [5.74, 6) is 1.22. The van der Waals surface area contributed by atoms with Crippen molar-refractivity contribution in [2.75, 3.05) is 6.54 Å². The van der Waals surface area contributed by atoms with E-state index in [0.717, 1.165) is 13.1 Å². The van der Waals surface area contributed by atoms with E-state index in [2.05, 4.69) is 80.7 Å². The highest BCUT2D eigenvalue weighted by Gasteiger charge is 2.04. The van der Waals surface area contributed by atoms with Crippen LogP contribution in [0, 0.1) is 0 Å². The second-order valence-electron chi connectivity index (χ2n) is 6.17. The average molecular weight is 281 g/mol. The third-order valence-electron chi connectivity index (χ3n) is 4.10. The van der Waals surface area contributed by atoms with Crippen molar-refractivity contribution in [2.24, 2.45) is 0 Å². The van der Waals surface area contributed by atoms with E-state index in [9.17, 15) is 0 Å². The standard InChI is InChI=1S/C20H27N/c1-16(2)19-11-9-18(10-12-19)15-21-14-13-17(3)20-7-5-4-6-8-20/h4-12,16-17,21H,13-15H2,1-3H3. The normalized spacial score (nSPS) is 12.6. The smallest absolute Gasteiger partial charge is 0.0205 e. The Bertz CT molecular complexity index is 513. The number of hydrogen-bond acceptors (Lipinski definition) is 1. The minimum atomic E-state index is 0.610. The van der Waals surface area contributed by atoms with Gasteiger partial charge in [0.1, 0.15) is 0 Å². The van der Waals surface area contributed by atoms with Gasteiger partial charge in [-0.15, -0.1) is 0 Å². The van der Waals surface area contributed by atoms with Gasteiger partial charge in [-0.05, 0) is 41.5 Å². The summed E-state index contributed by atoms with van der Waals surface area (Å²) in [5.41, 5.74) is 4.21. The molecule has 0 aliphatic carbocycles. The van der Waals surface area contributed by atoms with E-state index in [1.807, 2.05) is 0 Å². The molecule has 112 valence electrons. The van der Waals surface area contributed by atoms with E-state index >= 15 is 0 Å². The van der Waals surface area contributed by atoms with Gasteiger partial charge >= 0.3 is 0 Å². The maximum Gasteiger partial charge on any atom is 0.0205 e. The van der Waals surface area contributed by atoms with Crippen LogP contribution < -0.4 is 5.32 Å². The second-order valence-corrected chi connectivity index (χ2v) is 6.17. The maximum atomic E-state index is 3.55. The van der Waals surface area contributed by atoms with E-state index in [1.165, 1.54) is 23.1 Å². The molecule has 0 saturated carbocycles. The Morgan fingerprint density at radius 2 is 1.48 bits per heavy atom. The van der Waals surface area contributed by atoms with Gasteiger partial charge in [-0.3, -0.25) is 0 Å². The molecule has 2 rings (SSSR count). The lowest BCUT2D eigenvalue weighted by Crippen LogP contribution is -2.16. The van der Waals surface area contributed by atoms with E-state index < -0.39 is 0 Å². The van der Waals surface area contributed by atoms with Gasteiger partial charge in [-0.1, -0.05) is 75.4 Å². The Kier molecular flexibility index (Phi) is 6.01. The van der Waals surface area contributed by atoms with Crippen LogP contribution in [0.2, 0.25) is 0 Å².